The van der Waals surface area contributed by atoms with Crippen molar-refractivity contribution in [1.29, 1.82) is 0 Å². The van der Waals surface area contributed by atoms with E-state index < -0.39 is 0 Å². The Morgan fingerprint density at radius 2 is 2.24 bits per heavy atom. The van der Waals surface area contributed by atoms with Crippen molar-refractivity contribution in [2.75, 3.05) is 6.54 Å². The van der Waals surface area contributed by atoms with Crippen LogP contribution in [0.4, 0.5) is 0 Å². The van der Waals surface area contributed by atoms with E-state index in [2.05, 4.69) is 37.0 Å². The summed E-state index contributed by atoms with van der Waals surface area (Å²) in [6.45, 7) is 9.03. The number of allylic oxidation sites excluding steroid dienone is 1. The van der Waals surface area contributed by atoms with Crippen molar-refractivity contribution < 1.29 is 0 Å². The van der Waals surface area contributed by atoms with Gasteiger partial charge >= 0.3 is 0 Å². The number of benzene rings is 1. The number of hydrogen-bond donors (Lipinski definition) is 1. The van der Waals surface area contributed by atoms with Crippen molar-refractivity contribution in [2.45, 2.75) is 39.2 Å². The molecule has 0 saturated carbocycles. The van der Waals surface area contributed by atoms with Crippen LogP contribution in [0.15, 0.2) is 30.9 Å². The van der Waals surface area contributed by atoms with Crippen molar-refractivity contribution >= 4 is 11.6 Å². The average Bonchev–Trinajstić information content (AvgIpc) is 2.33. The Labute approximate surface area is 110 Å². The molecular weight excluding hydrogens is 230 g/mol. The van der Waals surface area contributed by atoms with Crippen LogP contribution in [0.25, 0.3) is 0 Å². The van der Waals surface area contributed by atoms with Gasteiger partial charge in [-0.3, -0.25) is 0 Å². The fourth-order valence-electron chi connectivity index (χ4n) is 1.82. The normalized spacial score (nSPS) is 12.4. The minimum Gasteiger partial charge on any atom is -0.310 e. The molecule has 1 rings (SSSR count). The van der Waals surface area contributed by atoms with Crippen LogP contribution >= 0.6 is 11.6 Å². The van der Waals surface area contributed by atoms with Gasteiger partial charge < -0.3 is 5.32 Å². The first kappa shape index (κ1) is 14.3. The smallest absolute Gasteiger partial charge is 0.0438 e. The second kappa shape index (κ2) is 7.52. The Kier molecular flexibility index (Phi) is 6.31. The van der Waals surface area contributed by atoms with Crippen molar-refractivity contribution in [3.8, 4) is 0 Å². The fraction of sp³-hybridized carbons (Fsp3) is 0.467. The van der Waals surface area contributed by atoms with Gasteiger partial charge in [-0.2, -0.15) is 0 Å². The Bertz CT molecular complexity index is 360. The van der Waals surface area contributed by atoms with Crippen molar-refractivity contribution in [2.24, 2.45) is 0 Å². The van der Waals surface area contributed by atoms with E-state index in [4.69, 9.17) is 11.6 Å². The Hall–Kier alpha value is -0.790. The molecule has 1 N–H and O–H groups in total. The summed E-state index contributed by atoms with van der Waals surface area (Å²) in [5.74, 6) is 0. The van der Waals surface area contributed by atoms with Crippen LogP contribution < -0.4 is 5.32 Å². The summed E-state index contributed by atoms with van der Waals surface area (Å²) in [6, 6.07) is 6.71. The van der Waals surface area contributed by atoms with Crippen LogP contribution in [0.5, 0.6) is 0 Å². The molecule has 1 unspecified atom stereocenters. The maximum Gasteiger partial charge on any atom is 0.0438 e. The second-order valence-corrected chi connectivity index (χ2v) is 4.79. The maximum absolute atomic E-state index is 6.18. The number of hydrogen-bond acceptors (Lipinski definition) is 1. The predicted molar refractivity (Wildman–Crippen MR) is 76.7 cm³/mol. The molecule has 0 amide bonds. The summed E-state index contributed by atoms with van der Waals surface area (Å²) < 4.78 is 0. The molecule has 0 aliphatic rings. The molecule has 0 radical (unpaired) electrons. The van der Waals surface area contributed by atoms with E-state index in [-0.39, 0.29) is 0 Å². The molecule has 0 spiro atoms. The Morgan fingerprint density at radius 1 is 1.47 bits per heavy atom. The lowest BCUT2D eigenvalue weighted by Gasteiger charge is -2.19. The monoisotopic (exact) mass is 251 g/mol. The van der Waals surface area contributed by atoms with Crippen LogP contribution in [0, 0.1) is 6.92 Å². The molecular formula is C15H22ClN. The van der Waals surface area contributed by atoms with Gasteiger partial charge in [-0.25, -0.2) is 0 Å². The Morgan fingerprint density at radius 3 is 2.82 bits per heavy atom. The van der Waals surface area contributed by atoms with Crippen molar-refractivity contribution in [3.63, 3.8) is 0 Å². The fourth-order valence-corrected chi connectivity index (χ4v) is 2.00. The number of rotatable bonds is 7. The highest BCUT2D eigenvalue weighted by atomic mass is 35.5. The predicted octanol–water partition coefficient (Wildman–Crippen LogP) is 4.66. The van der Waals surface area contributed by atoms with Gasteiger partial charge in [-0.1, -0.05) is 36.7 Å². The highest BCUT2D eigenvalue weighted by molar-refractivity contribution is 6.31. The van der Waals surface area contributed by atoms with E-state index in [9.17, 15) is 0 Å². The molecule has 17 heavy (non-hydrogen) atoms. The quantitative estimate of drug-likeness (QED) is 0.696. The molecule has 94 valence electrons. The van der Waals surface area contributed by atoms with Gasteiger partial charge in [0.1, 0.15) is 0 Å². The second-order valence-electron chi connectivity index (χ2n) is 4.38. The number of aryl methyl sites for hydroxylation is 1. The highest BCUT2D eigenvalue weighted by Crippen LogP contribution is 2.24. The molecule has 2 heteroatoms. The van der Waals surface area contributed by atoms with E-state index in [0.717, 1.165) is 36.4 Å². The summed E-state index contributed by atoms with van der Waals surface area (Å²) in [7, 11) is 0. The topological polar surface area (TPSA) is 12.0 Å². The third-order valence-electron chi connectivity index (χ3n) is 2.90. The molecule has 0 aromatic heterocycles. The molecule has 0 bridgehead atoms. The molecule has 0 aliphatic carbocycles. The molecule has 1 aromatic carbocycles. The zero-order valence-corrected chi connectivity index (χ0v) is 11.6. The van der Waals surface area contributed by atoms with Crippen molar-refractivity contribution in [3.05, 3.63) is 47.0 Å². The van der Waals surface area contributed by atoms with Crippen LogP contribution in [-0.2, 0) is 0 Å². The third kappa shape index (κ3) is 4.53. The first-order valence-corrected chi connectivity index (χ1v) is 6.67. The first-order chi connectivity index (χ1) is 8.19. The van der Waals surface area contributed by atoms with Crippen LogP contribution in [-0.4, -0.2) is 6.54 Å². The van der Waals surface area contributed by atoms with Gasteiger partial charge in [0, 0.05) is 11.1 Å². The summed E-state index contributed by atoms with van der Waals surface area (Å²) in [6.07, 6.45) is 5.20. The summed E-state index contributed by atoms with van der Waals surface area (Å²) in [5.41, 5.74) is 2.41. The largest absolute Gasteiger partial charge is 0.310 e. The van der Waals surface area contributed by atoms with E-state index in [1.807, 2.05) is 13.0 Å². The SMILES string of the molecule is C=CCCC(NCCC)c1ccc(C)c(Cl)c1. The van der Waals surface area contributed by atoms with E-state index in [1.165, 1.54) is 5.56 Å². The summed E-state index contributed by atoms with van der Waals surface area (Å²) in [5, 5.41) is 4.41. The zero-order chi connectivity index (χ0) is 12.7. The average molecular weight is 252 g/mol. The van der Waals surface area contributed by atoms with Crippen LogP contribution in [0.2, 0.25) is 5.02 Å². The van der Waals surface area contributed by atoms with Gasteiger partial charge in [0.25, 0.3) is 0 Å². The lowest BCUT2D eigenvalue weighted by atomic mass is 10.0. The van der Waals surface area contributed by atoms with Gasteiger partial charge in [0.15, 0.2) is 0 Å². The Balaban J connectivity index is 2.78. The first-order valence-electron chi connectivity index (χ1n) is 6.29. The lowest BCUT2D eigenvalue weighted by Crippen LogP contribution is -2.22. The van der Waals surface area contributed by atoms with Gasteiger partial charge in [0.2, 0.25) is 0 Å². The highest BCUT2D eigenvalue weighted by Gasteiger charge is 2.10. The summed E-state index contributed by atoms with van der Waals surface area (Å²) >= 11 is 6.18. The van der Waals surface area contributed by atoms with E-state index in [1.54, 1.807) is 0 Å². The van der Waals surface area contributed by atoms with Gasteiger partial charge in [-0.05, 0) is 49.9 Å². The number of nitrogens with one attached hydrogen (secondary N) is 1. The zero-order valence-electron chi connectivity index (χ0n) is 10.8. The minimum absolute atomic E-state index is 0.381. The van der Waals surface area contributed by atoms with Crippen molar-refractivity contribution in [1.82, 2.24) is 5.32 Å². The molecule has 1 nitrogen and oxygen atoms in total. The van der Waals surface area contributed by atoms with E-state index in [0.29, 0.717) is 6.04 Å². The number of halogens is 1. The molecule has 0 heterocycles. The lowest BCUT2D eigenvalue weighted by molar-refractivity contribution is 0.503. The molecule has 0 aliphatic heterocycles. The molecule has 1 atom stereocenters. The molecule has 0 saturated heterocycles. The summed E-state index contributed by atoms with van der Waals surface area (Å²) in [4.78, 5) is 0. The minimum atomic E-state index is 0.381. The van der Waals surface area contributed by atoms with Crippen LogP contribution in [0.1, 0.15) is 43.4 Å². The molecule has 0 fully saturated rings. The van der Waals surface area contributed by atoms with Crippen LogP contribution in [0.3, 0.4) is 0 Å². The van der Waals surface area contributed by atoms with E-state index >= 15 is 0 Å². The third-order valence-corrected chi connectivity index (χ3v) is 3.31. The maximum atomic E-state index is 6.18. The standard InChI is InChI=1S/C15H22ClN/c1-4-6-7-15(17-10-5-2)13-9-8-12(3)14(16)11-13/h4,8-9,11,15,17H,1,5-7,10H2,2-3H3. The van der Waals surface area contributed by atoms with Gasteiger partial charge in [-0.15, -0.1) is 6.58 Å². The van der Waals surface area contributed by atoms with Gasteiger partial charge in [0.05, 0.1) is 0 Å². The molecule has 1 aromatic rings.